The molecule has 0 saturated carbocycles. The van der Waals surface area contributed by atoms with E-state index >= 15 is 0 Å². The van der Waals surface area contributed by atoms with Crippen LogP contribution in [0.3, 0.4) is 0 Å². The smallest absolute Gasteiger partial charge is 0.109 e. The van der Waals surface area contributed by atoms with Gasteiger partial charge in [-0.3, -0.25) is 0 Å². The van der Waals surface area contributed by atoms with Crippen LogP contribution in [0.1, 0.15) is 0 Å². The maximum atomic E-state index is 12.2. The van der Waals surface area contributed by atoms with Gasteiger partial charge < -0.3 is 14.1 Å². The van der Waals surface area contributed by atoms with E-state index in [9.17, 15) is 9.13 Å². The van der Waals surface area contributed by atoms with Crippen molar-refractivity contribution in [3.05, 3.63) is 36.4 Å². The Morgan fingerprint density at radius 3 is 1.43 bits per heavy atom. The van der Waals surface area contributed by atoms with E-state index in [0.717, 1.165) is 32.4 Å². The zero-order valence-electron chi connectivity index (χ0n) is 12.7. The second-order valence-corrected chi connectivity index (χ2v) is 12.7. The third-order valence-electron chi connectivity index (χ3n) is 3.81. The van der Waals surface area contributed by atoms with Crippen LogP contribution in [0.4, 0.5) is 0 Å². The molecule has 1 N–H and O–H groups in total. The molecule has 0 radical (unpaired) electrons. The molecule has 1 heterocycles. The summed E-state index contributed by atoms with van der Waals surface area (Å²) in [6.07, 6.45) is 0. The normalized spacial score (nSPS) is 13.1. The molecule has 0 fully saturated rings. The van der Waals surface area contributed by atoms with Gasteiger partial charge >= 0.3 is 0 Å². The first-order valence-electron chi connectivity index (χ1n) is 6.83. The van der Waals surface area contributed by atoms with E-state index in [1.54, 1.807) is 26.7 Å². The molecular formula is C16H19NO2P2. The lowest BCUT2D eigenvalue weighted by atomic mass is 10.1. The SMILES string of the molecule is CP(C)(=O)c1ccc2c(c1)[nH]c1cc(P(C)(C)=O)ccc12. The Morgan fingerprint density at radius 2 is 1.10 bits per heavy atom. The molecule has 0 aliphatic heterocycles. The van der Waals surface area contributed by atoms with Gasteiger partial charge in [0.1, 0.15) is 14.3 Å². The Balaban J connectivity index is 2.29. The van der Waals surface area contributed by atoms with Crippen LogP contribution in [0.15, 0.2) is 36.4 Å². The molecule has 0 spiro atoms. The van der Waals surface area contributed by atoms with Gasteiger partial charge in [-0.2, -0.15) is 0 Å². The highest BCUT2D eigenvalue weighted by Crippen LogP contribution is 2.38. The first-order valence-corrected chi connectivity index (χ1v) is 12.0. The Morgan fingerprint density at radius 1 is 0.714 bits per heavy atom. The number of benzene rings is 2. The minimum absolute atomic E-state index is 0.874. The van der Waals surface area contributed by atoms with Crippen LogP contribution in [0.5, 0.6) is 0 Å². The maximum absolute atomic E-state index is 12.2. The van der Waals surface area contributed by atoms with Crippen molar-refractivity contribution < 1.29 is 9.13 Å². The fourth-order valence-corrected chi connectivity index (χ4v) is 4.30. The predicted octanol–water partition coefficient (Wildman–Crippen LogP) is 3.82. The van der Waals surface area contributed by atoms with Crippen LogP contribution in [0, 0.1) is 0 Å². The van der Waals surface area contributed by atoms with Crippen LogP contribution in [0.25, 0.3) is 21.8 Å². The summed E-state index contributed by atoms with van der Waals surface area (Å²) in [6, 6.07) is 11.8. The lowest BCUT2D eigenvalue weighted by molar-refractivity contribution is 0.587. The highest BCUT2D eigenvalue weighted by molar-refractivity contribution is 7.70. The molecule has 3 aromatic rings. The third-order valence-corrected chi connectivity index (χ3v) is 6.85. The van der Waals surface area contributed by atoms with Gasteiger partial charge in [-0.15, -0.1) is 0 Å². The van der Waals surface area contributed by atoms with Gasteiger partial charge in [0.05, 0.1) is 0 Å². The third kappa shape index (κ3) is 2.61. The molecule has 3 rings (SSSR count). The highest BCUT2D eigenvalue weighted by Gasteiger charge is 2.15. The van der Waals surface area contributed by atoms with Gasteiger partial charge in [0.15, 0.2) is 0 Å². The van der Waals surface area contributed by atoms with E-state index in [1.165, 1.54) is 0 Å². The van der Waals surface area contributed by atoms with E-state index < -0.39 is 14.3 Å². The fourth-order valence-electron chi connectivity index (χ4n) is 2.56. The van der Waals surface area contributed by atoms with Gasteiger partial charge in [-0.25, -0.2) is 0 Å². The van der Waals surface area contributed by atoms with E-state index in [-0.39, 0.29) is 0 Å². The summed E-state index contributed by atoms with van der Waals surface area (Å²) in [7, 11) is -4.53. The van der Waals surface area contributed by atoms with Crippen molar-refractivity contribution in [3.63, 3.8) is 0 Å². The number of hydrogen-bond acceptors (Lipinski definition) is 2. The minimum Gasteiger partial charge on any atom is -0.354 e. The average molecular weight is 319 g/mol. The van der Waals surface area contributed by atoms with E-state index in [1.807, 2.05) is 36.4 Å². The molecule has 1 aromatic heterocycles. The van der Waals surface area contributed by atoms with Gasteiger partial charge in [-0.1, -0.05) is 24.3 Å². The van der Waals surface area contributed by atoms with E-state index in [2.05, 4.69) is 4.98 Å². The quantitative estimate of drug-likeness (QED) is 0.730. The van der Waals surface area contributed by atoms with Crippen LogP contribution >= 0.6 is 14.3 Å². The van der Waals surface area contributed by atoms with Gasteiger partial charge in [-0.05, 0) is 38.8 Å². The topological polar surface area (TPSA) is 49.9 Å². The second kappa shape index (κ2) is 4.60. The first-order chi connectivity index (χ1) is 9.66. The second-order valence-electron chi connectivity index (χ2n) is 6.29. The highest BCUT2D eigenvalue weighted by atomic mass is 31.2. The van der Waals surface area contributed by atoms with Crippen molar-refractivity contribution in [1.29, 1.82) is 0 Å². The summed E-state index contributed by atoms with van der Waals surface area (Å²) in [4.78, 5) is 3.36. The van der Waals surface area contributed by atoms with Crippen LogP contribution in [-0.4, -0.2) is 31.6 Å². The zero-order valence-corrected chi connectivity index (χ0v) is 14.5. The Labute approximate surface area is 124 Å². The molecule has 0 aliphatic rings. The fraction of sp³-hybridized carbons (Fsp3) is 0.250. The Bertz CT molecular complexity index is 867. The standard InChI is InChI=1S/C16H19NO2P2/c1-20(2,18)11-5-7-13-14-8-6-12(21(3,4)19)10-16(14)17-15(13)9-11/h5-10,17H,1-4H3. The molecule has 21 heavy (non-hydrogen) atoms. The molecule has 0 bridgehead atoms. The maximum Gasteiger partial charge on any atom is 0.109 e. The summed E-state index contributed by atoms with van der Waals surface area (Å²) in [5.74, 6) is 0. The van der Waals surface area contributed by atoms with E-state index in [4.69, 9.17) is 0 Å². The molecule has 110 valence electrons. The summed E-state index contributed by atoms with van der Waals surface area (Å²) in [5.41, 5.74) is 1.95. The van der Waals surface area contributed by atoms with Gasteiger partial charge in [0.2, 0.25) is 0 Å². The average Bonchev–Trinajstić information content (AvgIpc) is 2.73. The number of aromatic nitrogens is 1. The van der Waals surface area contributed by atoms with Crippen molar-refractivity contribution >= 4 is 46.7 Å². The number of H-pyrrole nitrogens is 1. The molecule has 0 aliphatic carbocycles. The lowest BCUT2D eigenvalue weighted by Crippen LogP contribution is -2.01. The predicted molar refractivity (Wildman–Crippen MR) is 94.0 cm³/mol. The summed E-state index contributed by atoms with van der Waals surface area (Å²) < 4.78 is 24.4. The molecule has 3 nitrogen and oxygen atoms in total. The van der Waals surface area contributed by atoms with Crippen LogP contribution in [0.2, 0.25) is 0 Å². The minimum atomic E-state index is -2.27. The number of aromatic amines is 1. The monoisotopic (exact) mass is 319 g/mol. The number of rotatable bonds is 2. The van der Waals surface area contributed by atoms with Crippen molar-refractivity contribution in [3.8, 4) is 0 Å². The van der Waals surface area contributed by atoms with Crippen molar-refractivity contribution in [2.75, 3.05) is 26.7 Å². The summed E-state index contributed by atoms with van der Waals surface area (Å²) >= 11 is 0. The first kappa shape index (κ1) is 14.6. The number of hydrogen-bond donors (Lipinski definition) is 1. The van der Waals surface area contributed by atoms with Crippen molar-refractivity contribution in [2.24, 2.45) is 0 Å². The lowest BCUT2D eigenvalue weighted by Gasteiger charge is -2.06. The Kier molecular flexibility index (Phi) is 3.20. The summed E-state index contributed by atoms with van der Waals surface area (Å²) in [5, 5.41) is 3.96. The molecule has 0 saturated heterocycles. The van der Waals surface area contributed by atoms with Crippen molar-refractivity contribution in [1.82, 2.24) is 4.98 Å². The van der Waals surface area contributed by atoms with E-state index in [0.29, 0.717) is 0 Å². The van der Waals surface area contributed by atoms with Gasteiger partial charge in [0.25, 0.3) is 0 Å². The molecular weight excluding hydrogens is 300 g/mol. The molecule has 0 atom stereocenters. The van der Waals surface area contributed by atoms with Crippen molar-refractivity contribution in [2.45, 2.75) is 0 Å². The van der Waals surface area contributed by atoms with Crippen LogP contribution < -0.4 is 10.6 Å². The molecule has 0 unspecified atom stereocenters. The molecule has 5 heteroatoms. The number of nitrogens with one attached hydrogen (secondary N) is 1. The van der Waals surface area contributed by atoms with Crippen LogP contribution in [-0.2, 0) is 9.13 Å². The Hall–Kier alpha value is -1.30. The molecule has 2 aromatic carbocycles. The largest absolute Gasteiger partial charge is 0.354 e. The summed E-state index contributed by atoms with van der Waals surface area (Å²) in [6.45, 7) is 7.11. The molecule has 0 amide bonds. The number of fused-ring (bicyclic) bond motifs is 3. The zero-order chi connectivity index (χ0) is 15.4. The van der Waals surface area contributed by atoms with Gasteiger partial charge in [0, 0.05) is 32.4 Å².